The third-order valence-electron chi connectivity index (χ3n) is 6.95. The fourth-order valence-corrected chi connectivity index (χ4v) is 4.83. The molecule has 1 saturated heterocycles. The van der Waals surface area contributed by atoms with Gasteiger partial charge in [-0.2, -0.15) is 10.2 Å². The number of aryl methyl sites for hydroxylation is 3. The molecule has 0 atom stereocenters. The number of aromatic nitrogens is 4. The van der Waals surface area contributed by atoms with Crippen LogP contribution < -0.4 is 4.90 Å². The van der Waals surface area contributed by atoms with Gasteiger partial charge in [0.1, 0.15) is 0 Å². The van der Waals surface area contributed by atoms with E-state index in [4.69, 9.17) is 9.84 Å². The molecule has 8 heteroatoms. The second-order valence-electron chi connectivity index (χ2n) is 9.12. The number of carbonyl (C=O) groups is 1. The number of hydrogen-bond donors (Lipinski definition) is 0. The Balaban J connectivity index is 1.55. The molecule has 33 heavy (non-hydrogen) atoms. The smallest absolute Gasteiger partial charge is 0.219 e. The lowest BCUT2D eigenvalue weighted by atomic mass is 10.0. The van der Waals surface area contributed by atoms with Gasteiger partial charge in [-0.1, -0.05) is 6.07 Å². The van der Waals surface area contributed by atoms with Crippen LogP contribution in [-0.2, 0) is 29.5 Å². The second-order valence-corrected chi connectivity index (χ2v) is 9.12. The molecule has 1 aromatic carbocycles. The van der Waals surface area contributed by atoms with Crippen molar-refractivity contribution < 1.29 is 9.53 Å². The van der Waals surface area contributed by atoms with Crippen LogP contribution in [0, 0.1) is 13.8 Å². The van der Waals surface area contributed by atoms with Gasteiger partial charge < -0.3 is 14.5 Å². The molecule has 0 saturated carbocycles. The summed E-state index contributed by atoms with van der Waals surface area (Å²) in [4.78, 5) is 16.3. The predicted molar refractivity (Wildman–Crippen MR) is 128 cm³/mol. The normalized spacial score (nSPS) is 16.0. The van der Waals surface area contributed by atoms with E-state index in [1.165, 1.54) is 11.3 Å². The van der Waals surface area contributed by atoms with Crippen molar-refractivity contribution in [2.45, 2.75) is 46.7 Å². The van der Waals surface area contributed by atoms with Crippen molar-refractivity contribution in [2.24, 2.45) is 7.05 Å². The van der Waals surface area contributed by atoms with E-state index < -0.39 is 0 Å². The van der Waals surface area contributed by atoms with E-state index in [1.807, 2.05) is 16.6 Å². The zero-order chi connectivity index (χ0) is 23.3. The van der Waals surface area contributed by atoms with Gasteiger partial charge in [-0.3, -0.25) is 14.2 Å². The first kappa shape index (κ1) is 21.7. The van der Waals surface area contributed by atoms with Crippen molar-refractivity contribution in [3.05, 3.63) is 46.8 Å². The average Bonchev–Trinajstić information content (AvgIpc) is 3.28. The lowest BCUT2D eigenvalue weighted by Crippen LogP contribution is -2.37. The number of anilines is 2. The van der Waals surface area contributed by atoms with E-state index in [1.54, 1.807) is 6.92 Å². The van der Waals surface area contributed by atoms with Crippen LogP contribution in [0.3, 0.4) is 0 Å². The minimum absolute atomic E-state index is 0.112. The lowest BCUT2D eigenvalue weighted by molar-refractivity contribution is -0.129. The second kappa shape index (κ2) is 8.33. The van der Waals surface area contributed by atoms with Gasteiger partial charge in [0, 0.05) is 61.7 Å². The molecular weight excluding hydrogens is 416 g/mol. The maximum absolute atomic E-state index is 12.1. The Kier molecular flexibility index (Phi) is 5.48. The summed E-state index contributed by atoms with van der Waals surface area (Å²) < 4.78 is 9.52. The molecule has 174 valence electrons. The predicted octanol–water partition coefficient (Wildman–Crippen LogP) is 3.53. The Morgan fingerprint density at radius 3 is 2.58 bits per heavy atom. The van der Waals surface area contributed by atoms with Gasteiger partial charge in [-0.05, 0) is 44.5 Å². The Morgan fingerprint density at radius 1 is 1.21 bits per heavy atom. The van der Waals surface area contributed by atoms with Crippen molar-refractivity contribution in [3.8, 4) is 11.3 Å². The first-order valence-corrected chi connectivity index (χ1v) is 11.7. The molecule has 8 nitrogen and oxygen atoms in total. The number of amides is 1. The van der Waals surface area contributed by atoms with Gasteiger partial charge >= 0.3 is 0 Å². The highest BCUT2D eigenvalue weighted by atomic mass is 16.5. The Labute approximate surface area is 194 Å². The highest BCUT2D eigenvalue weighted by molar-refractivity contribution is 5.75. The van der Waals surface area contributed by atoms with Crippen LogP contribution in [-0.4, -0.2) is 56.7 Å². The Morgan fingerprint density at radius 2 is 2.00 bits per heavy atom. The third kappa shape index (κ3) is 3.72. The zero-order valence-electron chi connectivity index (χ0n) is 20.1. The van der Waals surface area contributed by atoms with Crippen molar-refractivity contribution in [2.75, 3.05) is 31.2 Å². The Hall–Kier alpha value is -3.13. The molecule has 0 aliphatic carbocycles. The maximum Gasteiger partial charge on any atom is 0.219 e. The SMILES string of the molecule is CCN(c1ccc(-c2cc(C)n(C)n2)cc1C)c1nn(C2COC2)c2c1CN(C(C)=O)CC2. The summed E-state index contributed by atoms with van der Waals surface area (Å²) >= 11 is 0. The van der Waals surface area contributed by atoms with Crippen LogP contribution in [0.4, 0.5) is 11.5 Å². The molecule has 1 fully saturated rings. The monoisotopic (exact) mass is 448 g/mol. The zero-order valence-corrected chi connectivity index (χ0v) is 20.1. The van der Waals surface area contributed by atoms with Crippen LogP contribution in [0.15, 0.2) is 24.3 Å². The van der Waals surface area contributed by atoms with Gasteiger partial charge in [-0.25, -0.2) is 0 Å². The quantitative estimate of drug-likeness (QED) is 0.597. The first-order valence-electron chi connectivity index (χ1n) is 11.7. The van der Waals surface area contributed by atoms with Gasteiger partial charge in [0.2, 0.25) is 5.91 Å². The summed E-state index contributed by atoms with van der Waals surface area (Å²) in [5, 5.41) is 9.73. The first-order chi connectivity index (χ1) is 15.9. The van der Waals surface area contributed by atoms with E-state index in [9.17, 15) is 4.79 Å². The molecule has 0 N–H and O–H groups in total. The molecule has 2 aromatic heterocycles. The molecule has 2 aliphatic rings. The molecule has 0 spiro atoms. The molecule has 0 bridgehead atoms. The lowest BCUT2D eigenvalue weighted by Gasteiger charge is -2.31. The van der Waals surface area contributed by atoms with E-state index >= 15 is 0 Å². The summed E-state index contributed by atoms with van der Waals surface area (Å²) in [7, 11) is 1.97. The van der Waals surface area contributed by atoms with Crippen LogP contribution >= 0.6 is 0 Å². The summed E-state index contributed by atoms with van der Waals surface area (Å²) in [5.41, 5.74) is 7.93. The number of hydrogen-bond acceptors (Lipinski definition) is 5. The highest BCUT2D eigenvalue weighted by Gasteiger charge is 2.33. The van der Waals surface area contributed by atoms with E-state index in [0.29, 0.717) is 19.8 Å². The molecule has 5 rings (SSSR count). The fourth-order valence-electron chi connectivity index (χ4n) is 4.83. The minimum Gasteiger partial charge on any atom is -0.377 e. The topological polar surface area (TPSA) is 68.4 Å². The van der Waals surface area contributed by atoms with Crippen LogP contribution in [0.5, 0.6) is 0 Å². The van der Waals surface area contributed by atoms with E-state index in [0.717, 1.165) is 53.5 Å². The van der Waals surface area contributed by atoms with Gasteiger partial charge in [0.05, 0.1) is 31.5 Å². The molecule has 4 heterocycles. The number of fused-ring (bicyclic) bond motifs is 1. The van der Waals surface area contributed by atoms with E-state index in [2.05, 4.69) is 59.7 Å². The van der Waals surface area contributed by atoms with Gasteiger partial charge in [-0.15, -0.1) is 0 Å². The van der Waals surface area contributed by atoms with Crippen molar-refractivity contribution in [3.63, 3.8) is 0 Å². The number of carbonyl (C=O) groups excluding carboxylic acids is 1. The van der Waals surface area contributed by atoms with Crippen molar-refractivity contribution >= 4 is 17.4 Å². The fraction of sp³-hybridized carbons (Fsp3) is 0.480. The van der Waals surface area contributed by atoms with Crippen LogP contribution in [0.2, 0.25) is 0 Å². The minimum atomic E-state index is 0.112. The summed E-state index contributed by atoms with van der Waals surface area (Å²) in [6.45, 7) is 11.5. The molecule has 2 aliphatic heterocycles. The average molecular weight is 449 g/mol. The maximum atomic E-state index is 12.1. The molecule has 3 aromatic rings. The largest absolute Gasteiger partial charge is 0.377 e. The Bertz CT molecular complexity index is 1190. The molecule has 0 unspecified atom stereocenters. The van der Waals surface area contributed by atoms with Crippen molar-refractivity contribution in [1.82, 2.24) is 24.5 Å². The summed E-state index contributed by atoms with van der Waals surface area (Å²) in [6.07, 6.45) is 0.826. The number of ether oxygens (including phenoxy) is 1. The number of rotatable bonds is 5. The highest BCUT2D eigenvalue weighted by Crippen LogP contribution is 2.37. The van der Waals surface area contributed by atoms with E-state index in [-0.39, 0.29) is 11.9 Å². The molecule has 1 amide bonds. The molecular formula is C25H32N6O2. The van der Waals surface area contributed by atoms with Crippen LogP contribution in [0.25, 0.3) is 11.3 Å². The molecule has 0 radical (unpaired) electrons. The summed E-state index contributed by atoms with van der Waals surface area (Å²) in [5.74, 6) is 1.07. The van der Waals surface area contributed by atoms with Gasteiger partial charge in [0.25, 0.3) is 0 Å². The number of nitrogens with zero attached hydrogens (tertiary/aromatic N) is 6. The summed E-state index contributed by atoms with van der Waals surface area (Å²) in [6, 6.07) is 8.90. The van der Waals surface area contributed by atoms with Gasteiger partial charge in [0.15, 0.2) is 5.82 Å². The third-order valence-corrected chi connectivity index (χ3v) is 6.95. The standard InChI is InChI=1S/C25H32N6O2/c1-6-30(23-8-7-19(11-16(23)2)22-12-17(3)28(5)26-22)25-21-13-29(18(4)32)10-9-24(21)31(27-25)20-14-33-15-20/h7-8,11-12,20H,6,9-10,13-15H2,1-5H3. The van der Waals surface area contributed by atoms with Crippen LogP contribution in [0.1, 0.15) is 42.4 Å². The number of benzene rings is 1. The van der Waals surface area contributed by atoms with Crippen molar-refractivity contribution in [1.29, 1.82) is 0 Å².